The van der Waals surface area contributed by atoms with E-state index in [0.29, 0.717) is 48.1 Å². The molecule has 0 saturated heterocycles. The fourth-order valence-corrected chi connectivity index (χ4v) is 3.25. The Hall–Kier alpha value is -3.20. The van der Waals surface area contributed by atoms with Crippen LogP contribution in [0, 0.1) is 0 Å². The van der Waals surface area contributed by atoms with Crippen molar-refractivity contribution in [2.45, 2.75) is 12.1 Å². The molecule has 2 aromatic carbocycles. The number of thioether (sulfide) groups is 1. The van der Waals surface area contributed by atoms with Crippen LogP contribution in [0.25, 0.3) is 11.5 Å². The molecular formula is C20H19N3O5S. The third kappa shape index (κ3) is 4.80. The number of amides is 1. The minimum absolute atomic E-state index is 0.149. The minimum Gasteiger partial charge on any atom is -0.494 e. The maximum Gasteiger partial charge on any atom is 0.277 e. The highest BCUT2D eigenvalue weighted by Gasteiger charge is 2.16. The van der Waals surface area contributed by atoms with Gasteiger partial charge in [0.1, 0.15) is 19.0 Å². The normalized spacial score (nSPS) is 12.4. The lowest BCUT2D eigenvalue weighted by Gasteiger charge is -2.18. The second-order valence-electron chi connectivity index (χ2n) is 6.03. The number of ether oxygens (including phenoxy) is 3. The van der Waals surface area contributed by atoms with Gasteiger partial charge in [0.25, 0.3) is 5.22 Å². The van der Waals surface area contributed by atoms with E-state index in [1.54, 1.807) is 18.2 Å². The molecule has 0 saturated carbocycles. The molecule has 8 nitrogen and oxygen atoms in total. The molecule has 150 valence electrons. The Labute approximate surface area is 171 Å². The molecule has 1 aliphatic heterocycles. The van der Waals surface area contributed by atoms with E-state index in [4.69, 9.17) is 18.6 Å². The molecule has 0 aliphatic carbocycles. The monoisotopic (exact) mass is 413 g/mol. The Morgan fingerprint density at radius 2 is 1.90 bits per heavy atom. The third-order valence-corrected chi connectivity index (χ3v) is 4.79. The average Bonchev–Trinajstić information content (AvgIpc) is 3.23. The molecule has 4 rings (SSSR count). The number of rotatable bonds is 7. The predicted molar refractivity (Wildman–Crippen MR) is 108 cm³/mol. The van der Waals surface area contributed by atoms with Crippen LogP contribution in [0.1, 0.15) is 6.92 Å². The average molecular weight is 413 g/mol. The zero-order valence-corrected chi connectivity index (χ0v) is 16.5. The van der Waals surface area contributed by atoms with Crippen molar-refractivity contribution in [3.63, 3.8) is 0 Å². The summed E-state index contributed by atoms with van der Waals surface area (Å²) < 4.78 is 22.1. The van der Waals surface area contributed by atoms with E-state index in [2.05, 4.69) is 15.5 Å². The molecule has 0 fully saturated rings. The van der Waals surface area contributed by atoms with Gasteiger partial charge in [-0.15, -0.1) is 10.2 Å². The topological polar surface area (TPSA) is 95.7 Å². The SMILES string of the molecule is CCOc1ccc(NC(=O)CSc2nnc(-c3ccc4c(c3)OCCO4)o2)cc1. The molecule has 1 aromatic heterocycles. The number of hydrogen-bond acceptors (Lipinski definition) is 8. The van der Waals surface area contributed by atoms with Crippen molar-refractivity contribution < 1.29 is 23.4 Å². The molecule has 29 heavy (non-hydrogen) atoms. The van der Waals surface area contributed by atoms with E-state index in [-0.39, 0.29) is 11.7 Å². The number of hydrogen-bond donors (Lipinski definition) is 1. The summed E-state index contributed by atoms with van der Waals surface area (Å²) in [5.41, 5.74) is 1.42. The van der Waals surface area contributed by atoms with Gasteiger partial charge in [0.2, 0.25) is 11.8 Å². The van der Waals surface area contributed by atoms with Crippen LogP contribution in [0.3, 0.4) is 0 Å². The zero-order valence-electron chi connectivity index (χ0n) is 15.7. The van der Waals surface area contributed by atoms with Crippen molar-refractivity contribution in [3.8, 4) is 28.7 Å². The number of anilines is 1. The second kappa shape index (κ2) is 8.87. The lowest BCUT2D eigenvalue weighted by atomic mass is 10.2. The van der Waals surface area contributed by atoms with Crippen LogP contribution >= 0.6 is 11.8 Å². The lowest BCUT2D eigenvalue weighted by molar-refractivity contribution is -0.113. The first kappa shape index (κ1) is 19.1. The smallest absolute Gasteiger partial charge is 0.277 e. The van der Waals surface area contributed by atoms with Crippen molar-refractivity contribution in [2.75, 3.05) is 30.9 Å². The van der Waals surface area contributed by atoms with Gasteiger partial charge in [0.15, 0.2) is 11.5 Å². The van der Waals surface area contributed by atoms with Gasteiger partial charge < -0.3 is 23.9 Å². The van der Waals surface area contributed by atoms with Gasteiger partial charge in [0, 0.05) is 11.3 Å². The van der Waals surface area contributed by atoms with Crippen molar-refractivity contribution in [3.05, 3.63) is 42.5 Å². The van der Waals surface area contributed by atoms with Gasteiger partial charge in [-0.25, -0.2) is 0 Å². The minimum atomic E-state index is -0.168. The molecule has 0 atom stereocenters. The Morgan fingerprint density at radius 1 is 1.10 bits per heavy atom. The maximum atomic E-state index is 12.2. The molecule has 9 heteroatoms. The molecule has 0 bridgehead atoms. The highest BCUT2D eigenvalue weighted by Crippen LogP contribution is 2.34. The summed E-state index contributed by atoms with van der Waals surface area (Å²) in [6.45, 7) is 3.56. The van der Waals surface area contributed by atoms with Crippen molar-refractivity contribution in [2.24, 2.45) is 0 Å². The van der Waals surface area contributed by atoms with Gasteiger partial charge in [-0.05, 0) is 49.4 Å². The van der Waals surface area contributed by atoms with Gasteiger partial charge in [-0.2, -0.15) is 0 Å². The van der Waals surface area contributed by atoms with E-state index in [9.17, 15) is 4.79 Å². The second-order valence-corrected chi connectivity index (χ2v) is 6.95. The van der Waals surface area contributed by atoms with E-state index in [1.165, 1.54) is 11.8 Å². The van der Waals surface area contributed by atoms with Crippen molar-refractivity contribution in [1.82, 2.24) is 10.2 Å². The number of aromatic nitrogens is 2. The van der Waals surface area contributed by atoms with Crippen LogP contribution in [0.4, 0.5) is 5.69 Å². The number of carbonyl (C=O) groups is 1. The summed E-state index contributed by atoms with van der Waals surface area (Å²) in [7, 11) is 0. The van der Waals surface area contributed by atoms with E-state index >= 15 is 0 Å². The molecule has 0 spiro atoms. The van der Waals surface area contributed by atoms with Crippen LogP contribution in [0.15, 0.2) is 52.1 Å². The maximum absolute atomic E-state index is 12.2. The quantitative estimate of drug-likeness (QED) is 0.587. The number of fused-ring (bicyclic) bond motifs is 1. The summed E-state index contributed by atoms with van der Waals surface area (Å²) in [6, 6.07) is 12.6. The van der Waals surface area contributed by atoms with Gasteiger partial charge >= 0.3 is 0 Å². The first-order chi connectivity index (χ1) is 14.2. The van der Waals surface area contributed by atoms with E-state index < -0.39 is 0 Å². The van der Waals surface area contributed by atoms with Crippen molar-refractivity contribution >= 4 is 23.4 Å². The Morgan fingerprint density at radius 3 is 2.69 bits per heavy atom. The standard InChI is InChI=1S/C20H19N3O5S/c1-2-25-15-6-4-14(5-7-15)21-18(24)12-29-20-23-22-19(28-20)13-3-8-16-17(11-13)27-10-9-26-16/h3-8,11H,2,9-10,12H2,1H3,(H,21,24). The van der Waals surface area contributed by atoms with Crippen LogP contribution in [-0.4, -0.2) is 41.7 Å². The Kier molecular flexibility index (Phi) is 5.85. The first-order valence-corrected chi connectivity index (χ1v) is 10.1. The van der Waals surface area contributed by atoms with Gasteiger partial charge in [0.05, 0.1) is 12.4 Å². The molecule has 2 heterocycles. The highest BCUT2D eigenvalue weighted by molar-refractivity contribution is 7.99. The first-order valence-electron chi connectivity index (χ1n) is 9.10. The third-order valence-electron chi connectivity index (χ3n) is 3.97. The van der Waals surface area contributed by atoms with Crippen LogP contribution in [0.2, 0.25) is 0 Å². The number of carbonyl (C=O) groups excluding carboxylic acids is 1. The molecule has 1 amide bonds. The van der Waals surface area contributed by atoms with Gasteiger partial charge in [-0.1, -0.05) is 11.8 Å². The highest BCUT2D eigenvalue weighted by atomic mass is 32.2. The largest absolute Gasteiger partial charge is 0.494 e. The Bertz CT molecular complexity index is 990. The van der Waals surface area contributed by atoms with E-state index in [0.717, 1.165) is 11.3 Å². The lowest BCUT2D eigenvalue weighted by Crippen LogP contribution is -2.15. The summed E-state index contributed by atoms with van der Waals surface area (Å²) in [4.78, 5) is 12.2. The van der Waals surface area contributed by atoms with Crippen molar-refractivity contribution in [1.29, 1.82) is 0 Å². The van der Waals surface area contributed by atoms with Gasteiger partial charge in [-0.3, -0.25) is 4.79 Å². The number of benzene rings is 2. The molecule has 0 radical (unpaired) electrons. The summed E-state index contributed by atoms with van der Waals surface area (Å²) >= 11 is 1.17. The summed E-state index contributed by atoms with van der Waals surface area (Å²) in [6.07, 6.45) is 0. The van der Waals surface area contributed by atoms with Crippen LogP contribution in [-0.2, 0) is 4.79 Å². The molecule has 1 aliphatic rings. The summed E-state index contributed by atoms with van der Waals surface area (Å²) in [5.74, 6) is 2.44. The molecule has 1 N–H and O–H groups in total. The van der Waals surface area contributed by atoms with E-state index in [1.807, 2.05) is 31.2 Å². The predicted octanol–water partition coefficient (Wildman–Crippen LogP) is 3.64. The fraction of sp³-hybridized carbons (Fsp3) is 0.250. The molecule has 0 unspecified atom stereocenters. The Balaban J connectivity index is 1.32. The molecule has 3 aromatic rings. The number of nitrogens with zero attached hydrogens (tertiary/aromatic N) is 2. The van der Waals surface area contributed by atoms with Crippen LogP contribution in [0.5, 0.6) is 17.2 Å². The number of nitrogens with one attached hydrogen (secondary N) is 1. The molecular weight excluding hydrogens is 394 g/mol. The fourth-order valence-electron chi connectivity index (χ4n) is 2.69. The van der Waals surface area contributed by atoms with Crippen LogP contribution < -0.4 is 19.5 Å². The zero-order chi connectivity index (χ0) is 20.1. The summed E-state index contributed by atoms with van der Waals surface area (Å²) in [5, 5.41) is 11.2.